The number of ether oxygens (including phenoxy) is 1. The zero-order chi connectivity index (χ0) is 17.7. The van der Waals surface area contributed by atoms with Gasteiger partial charge in [-0.15, -0.1) is 0 Å². The zero-order valence-electron chi connectivity index (χ0n) is 13.2. The van der Waals surface area contributed by atoms with Crippen LogP contribution in [0, 0.1) is 0 Å². The molecule has 0 saturated carbocycles. The van der Waals surface area contributed by atoms with Crippen molar-refractivity contribution >= 4 is 39.0 Å². The molecule has 132 valence electrons. The fraction of sp³-hybridized carbons (Fsp3) is 0.467. The molecule has 1 aliphatic rings. The van der Waals surface area contributed by atoms with Gasteiger partial charge >= 0.3 is 5.97 Å². The minimum Gasteiger partial charge on any atom is -0.465 e. The fourth-order valence-corrected chi connectivity index (χ4v) is 4.28. The minimum atomic E-state index is -3.02. The van der Waals surface area contributed by atoms with E-state index >= 15 is 0 Å². The number of methoxy groups -OCH3 is 1. The lowest BCUT2D eigenvalue weighted by molar-refractivity contribution is -0.121. The lowest BCUT2D eigenvalue weighted by atomic mass is 10.2. The molecule has 1 aliphatic heterocycles. The summed E-state index contributed by atoms with van der Waals surface area (Å²) in [6.07, 6.45) is 0.615. The van der Waals surface area contributed by atoms with Crippen LogP contribution in [-0.2, 0) is 19.4 Å². The predicted molar refractivity (Wildman–Crippen MR) is 91.1 cm³/mol. The van der Waals surface area contributed by atoms with Gasteiger partial charge in [0, 0.05) is 19.0 Å². The van der Waals surface area contributed by atoms with Crippen molar-refractivity contribution in [2.75, 3.05) is 30.5 Å². The number of sulfone groups is 1. The summed E-state index contributed by atoms with van der Waals surface area (Å²) in [6.45, 7) is 0.301. The molecule has 1 amide bonds. The first-order chi connectivity index (χ1) is 11.3. The Kier molecular flexibility index (Phi) is 6.06. The molecule has 24 heavy (non-hydrogen) atoms. The number of hydrogen-bond donors (Lipinski definition) is 2. The van der Waals surface area contributed by atoms with E-state index in [1.807, 2.05) is 0 Å². The summed E-state index contributed by atoms with van der Waals surface area (Å²) in [5.41, 5.74) is 0.876. The molecule has 1 fully saturated rings. The Morgan fingerprint density at radius 3 is 2.75 bits per heavy atom. The molecule has 1 saturated heterocycles. The van der Waals surface area contributed by atoms with Crippen molar-refractivity contribution in [3.05, 3.63) is 28.8 Å². The maximum atomic E-state index is 11.9. The summed E-state index contributed by atoms with van der Waals surface area (Å²) in [7, 11) is -1.73. The Morgan fingerprint density at radius 2 is 2.12 bits per heavy atom. The van der Waals surface area contributed by atoms with Gasteiger partial charge in [0.05, 0.1) is 34.9 Å². The van der Waals surface area contributed by atoms with Crippen LogP contribution in [0.4, 0.5) is 5.69 Å². The first-order valence-corrected chi connectivity index (χ1v) is 9.62. The van der Waals surface area contributed by atoms with Crippen molar-refractivity contribution in [1.29, 1.82) is 0 Å². The maximum Gasteiger partial charge on any atom is 0.337 e. The van der Waals surface area contributed by atoms with Crippen LogP contribution in [0.15, 0.2) is 18.2 Å². The van der Waals surface area contributed by atoms with Crippen LogP contribution in [0.2, 0.25) is 5.02 Å². The summed E-state index contributed by atoms with van der Waals surface area (Å²) in [4.78, 5) is 23.4. The van der Waals surface area contributed by atoms with Gasteiger partial charge in [0.1, 0.15) is 0 Å². The molecule has 9 heteroatoms. The molecule has 2 N–H and O–H groups in total. The number of anilines is 1. The Morgan fingerprint density at radius 1 is 1.38 bits per heavy atom. The molecule has 7 nitrogen and oxygen atoms in total. The van der Waals surface area contributed by atoms with Crippen LogP contribution < -0.4 is 10.6 Å². The van der Waals surface area contributed by atoms with E-state index in [4.69, 9.17) is 11.6 Å². The van der Waals surface area contributed by atoms with Gasteiger partial charge in [0.2, 0.25) is 5.91 Å². The third-order valence-corrected chi connectivity index (χ3v) is 5.75. The van der Waals surface area contributed by atoms with Crippen LogP contribution in [0.3, 0.4) is 0 Å². The van der Waals surface area contributed by atoms with E-state index in [1.165, 1.54) is 7.11 Å². The van der Waals surface area contributed by atoms with Crippen LogP contribution in [0.5, 0.6) is 0 Å². The highest BCUT2D eigenvalue weighted by Crippen LogP contribution is 2.23. The summed E-state index contributed by atoms with van der Waals surface area (Å²) >= 11 is 6.05. The Balaban J connectivity index is 1.83. The normalized spacial score (nSPS) is 18.8. The zero-order valence-corrected chi connectivity index (χ0v) is 14.7. The van der Waals surface area contributed by atoms with Crippen molar-refractivity contribution in [2.45, 2.75) is 18.9 Å². The van der Waals surface area contributed by atoms with E-state index in [1.54, 1.807) is 18.2 Å². The maximum absolute atomic E-state index is 11.9. The van der Waals surface area contributed by atoms with Crippen LogP contribution >= 0.6 is 11.6 Å². The van der Waals surface area contributed by atoms with Gasteiger partial charge in [-0.25, -0.2) is 13.2 Å². The van der Waals surface area contributed by atoms with E-state index in [9.17, 15) is 18.0 Å². The second-order valence-electron chi connectivity index (χ2n) is 5.53. The molecule has 0 spiro atoms. The van der Waals surface area contributed by atoms with Gasteiger partial charge in [0.15, 0.2) is 9.84 Å². The molecule has 0 bridgehead atoms. The van der Waals surface area contributed by atoms with E-state index in [-0.39, 0.29) is 29.9 Å². The van der Waals surface area contributed by atoms with Crippen LogP contribution in [-0.4, -0.2) is 51.5 Å². The summed E-state index contributed by atoms with van der Waals surface area (Å²) in [5.74, 6) is -0.592. The second-order valence-corrected chi connectivity index (χ2v) is 8.17. The smallest absolute Gasteiger partial charge is 0.337 e. The molecule has 0 aliphatic carbocycles. The van der Waals surface area contributed by atoms with Gasteiger partial charge in [-0.2, -0.15) is 0 Å². The van der Waals surface area contributed by atoms with Gasteiger partial charge in [-0.1, -0.05) is 11.6 Å². The third-order valence-electron chi connectivity index (χ3n) is 3.65. The molecule has 1 aromatic carbocycles. The highest BCUT2D eigenvalue weighted by Gasteiger charge is 2.28. The molecule has 2 rings (SSSR count). The standard InChI is InChI=1S/C15H19ClN2O5S/c1-23-15(20)10-2-3-12(16)13(8-10)17-6-4-14(19)18-11-5-7-24(21,22)9-11/h2-3,8,11,17H,4-7,9H2,1H3,(H,18,19). The van der Waals surface area contributed by atoms with Gasteiger partial charge in [0.25, 0.3) is 0 Å². The van der Waals surface area contributed by atoms with Crippen molar-refractivity contribution in [3.8, 4) is 0 Å². The average Bonchev–Trinajstić information content (AvgIpc) is 2.87. The lowest BCUT2D eigenvalue weighted by Gasteiger charge is -2.12. The minimum absolute atomic E-state index is 0.000822. The summed E-state index contributed by atoms with van der Waals surface area (Å²) in [5, 5.41) is 6.12. The number of carbonyl (C=O) groups excluding carboxylic acids is 2. The average molecular weight is 375 g/mol. The number of rotatable bonds is 6. The fourth-order valence-electron chi connectivity index (χ4n) is 2.42. The van der Waals surface area contributed by atoms with E-state index in [2.05, 4.69) is 15.4 Å². The van der Waals surface area contributed by atoms with Gasteiger partial charge in [-0.3, -0.25) is 4.79 Å². The number of carbonyl (C=O) groups is 2. The summed E-state index contributed by atoms with van der Waals surface area (Å²) in [6, 6.07) is 4.36. The van der Waals surface area contributed by atoms with Crippen molar-refractivity contribution in [3.63, 3.8) is 0 Å². The van der Waals surface area contributed by atoms with E-state index < -0.39 is 15.8 Å². The monoisotopic (exact) mass is 374 g/mol. The molecule has 1 aromatic rings. The summed E-state index contributed by atoms with van der Waals surface area (Å²) < 4.78 is 27.4. The van der Waals surface area contributed by atoms with Gasteiger partial charge in [-0.05, 0) is 24.6 Å². The number of halogens is 1. The molecule has 1 heterocycles. The van der Waals surface area contributed by atoms with Crippen molar-refractivity contribution < 1.29 is 22.7 Å². The first kappa shape index (κ1) is 18.5. The van der Waals surface area contributed by atoms with Crippen LogP contribution in [0.25, 0.3) is 0 Å². The number of nitrogens with one attached hydrogen (secondary N) is 2. The number of amides is 1. The Bertz CT molecular complexity index is 735. The van der Waals surface area contributed by atoms with E-state index in [0.717, 1.165) is 0 Å². The van der Waals surface area contributed by atoms with Crippen molar-refractivity contribution in [1.82, 2.24) is 5.32 Å². The topological polar surface area (TPSA) is 102 Å². The molecular formula is C15H19ClN2O5S. The largest absolute Gasteiger partial charge is 0.465 e. The first-order valence-electron chi connectivity index (χ1n) is 7.42. The van der Waals surface area contributed by atoms with E-state index in [0.29, 0.717) is 29.2 Å². The SMILES string of the molecule is COC(=O)c1ccc(Cl)c(NCCC(=O)NC2CCS(=O)(=O)C2)c1. The number of benzene rings is 1. The third kappa shape index (κ3) is 5.10. The Hall–Kier alpha value is -1.80. The molecule has 0 radical (unpaired) electrons. The Labute approximate surface area is 145 Å². The highest BCUT2D eigenvalue weighted by atomic mass is 35.5. The highest BCUT2D eigenvalue weighted by molar-refractivity contribution is 7.91. The number of esters is 1. The van der Waals surface area contributed by atoms with Crippen molar-refractivity contribution in [2.24, 2.45) is 0 Å². The number of hydrogen-bond acceptors (Lipinski definition) is 6. The molecular weight excluding hydrogens is 356 g/mol. The molecule has 0 aromatic heterocycles. The molecule has 1 atom stereocenters. The van der Waals surface area contributed by atoms with Crippen LogP contribution in [0.1, 0.15) is 23.2 Å². The predicted octanol–water partition coefficient (Wildman–Crippen LogP) is 1.23. The second kappa shape index (κ2) is 7.85. The van der Waals surface area contributed by atoms with Gasteiger partial charge < -0.3 is 15.4 Å². The molecule has 1 unspecified atom stereocenters. The lowest BCUT2D eigenvalue weighted by Crippen LogP contribution is -2.36. The quantitative estimate of drug-likeness (QED) is 0.726.